The van der Waals surface area contributed by atoms with E-state index in [-0.39, 0.29) is 22.3 Å². The van der Waals surface area contributed by atoms with Crippen LogP contribution in [0.25, 0.3) is 44.5 Å². The van der Waals surface area contributed by atoms with Crippen LogP contribution in [0.4, 0.5) is 0 Å². The molecular formula is C53H36O8. The van der Waals surface area contributed by atoms with E-state index >= 15 is 0 Å². The first-order valence-electron chi connectivity index (χ1n) is 19.4. The first-order valence-corrected chi connectivity index (χ1v) is 19.4. The van der Waals surface area contributed by atoms with Crippen molar-refractivity contribution in [3.63, 3.8) is 0 Å². The number of hydrogen-bond donors (Lipinski definition) is 0. The lowest BCUT2D eigenvalue weighted by Crippen LogP contribution is -2.48. The minimum absolute atomic E-state index is 0.0150. The third-order valence-corrected chi connectivity index (χ3v) is 9.78. The van der Waals surface area contributed by atoms with Gasteiger partial charge < -0.3 is 18.9 Å². The van der Waals surface area contributed by atoms with Crippen LogP contribution in [0, 0.1) is 0 Å². The summed E-state index contributed by atoms with van der Waals surface area (Å²) in [5, 5.41) is 0. The molecular weight excluding hydrogens is 765 g/mol. The normalized spacial score (nSPS) is 10.9. The zero-order chi connectivity index (χ0) is 42.0. The van der Waals surface area contributed by atoms with Crippen molar-refractivity contribution in [2.45, 2.75) is 6.16 Å². The molecule has 0 aliphatic heterocycles. The van der Waals surface area contributed by atoms with Crippen LogP contribution >= 0.6 is 0 Å². The van der Waals surface area contributed by atoms with Crippen molar-refractivity contribution in [2.24, 2.45) is 0 Å². The van der Waals surface area contributed by atoms with Gasteiger partial charge in [-0.3, -0.25) is 0 Å². The van der Waals surface area contributed by atoms with Crippen LogP contribution in [0.15, 0.2) is 218 Å². The van der Waals surface area contributed by atoms with Gasteiger partial charge in [0, 0.05) is 0 Å². The van der Waals surface area contributed by atoms with Crippen LogP contribution in [-0.4, -0.2) is 30.0 Å². The van der Waals surface area contributed by atoms with Gasteiger partial charge in [0.1, 0.15) is 0 Å². The minimum atomic E-state index is -3.35. The lowest BCUT2D eigenvalue weighted by molar-refractivity contribution is -0.413. The molecule has 0 saturated heterocycles. The third kappa shape index (κ3) is 9.52. The highest BCUT2D eigenvalue weighted by Gasteiger charge is 2.51. The molecule has 8 heteroatoms. The number of carbonyl (C=O) groups excluding carboxylic acids is 4. The van der Waals surface area contributed by atoms with Gasteiger partial charge in [0.2, 0.25) is 0 Å². The lowest BCUT2D eigenvalue weighted by atomic mass is 10.0. The number of ether oxygens (including phenoxy) is 4. The summed E-state index contributed by atoms with van der Waals surface area (Å²) in [5.41, 5.74) is 6.80. The first kappa shape index (κ1) is 39.5. The molecule has 0 heterocycles. The Balaban J connectivity index is 1.16. The molecule has 8 rings (SSSR count). The Morgan fingerprint density at radius 1 is 0.230 bits per heavy atom. The minimum Gasteiger partial charge on any atom is -0.348 e. The van der Waals surface area contributed by atoms with Crippen molar-refractivity contribution in [1.82, 2.24) is 0 Å². The van der Waals surface area contributed by atoms with E-state index in [0.717, 1.165) is 44.5 Å². The molecule has 0 saturated carbocycles. The topological polar surface area (TPSA) is 105 Å². The Hall–Kier alpha value is -8.36. The standard InChI is InChI=1S/C53H36O8/c54-49(45-29-21-41(22-30-45)37-13-5-1-6-14-37)58-53(59-50(55)46-31-23-42(24-32-46)38-15-7-2-8-16-38,60-51(56)47-33-25-43(26-34-47)39-17-9-3-10-18-39)61-52(57)48-35-27-44(28-36-48)40-19-11-4-12-20-40/h1-36H. The van der Waals surface area contributed by atoms with Gasteiger partial charge in [-0.15, -0.1) is 0 Å². The quantitative estimate of drug-likeness (QED) is 0.0888. The molecule has 0 aliphatic rings. The molecule has 296 valence electrons. The maximum atomic E-state index is 14.1. The van der Waals surface area contributed by atoms with Crippen LogP contribution in [0.2, 0.25) is 0 Å². The van der Waals surface area contributed by atoms with E-state index in [9.17, 15) is 19.2 Å². The molecule has 0 unspecified atom stereocenters. The van der Waals surface area contributed by atoms with Crippen molar-refractivity contribution in [1.29, 1.82) is 0 Å². The Kier molecular flexibility index (Phi) is 11.7. The molecule has 0 fully saturated rings. The molecule has 0 N–H and O–H groups in total. The fourth-order valence-electron chi connectivity index (χ4n) is 6.53. The van der Waals surface area contributed by atoms with E-state index < -0.39 is 30.0 Å². The van der Waals surface area contributed by atoms with E-state index in [4.69, 9.17) is 18.9 Å². The lowest BCUT2D eigenvalue weighted by Gasteiger charge is -2.29. The summed E-state index contributed by atoms with van der Waals surface area (Å²) in [6.07, 6.45) is -3.35. The second-order valence-corrected chi connectivity index (χ2v) is 13.8. The molecule has 0 aromatic heterocycles. The fourth-order valence-corrected chi connectivity index (χ4v) is 6.53. The SMILES string of the molecule is O=C(OC(OC(=O)c1ccc(-c2ccccc2)cc1)(OC(=O)c1ccc(-c2ccccc2)cc1)OC(=O)c1ccc(-c2ccccc2)cc1)c1ccc(-c2ccccc2)cc1. The largest absolute Gasteiger partial charge is 0.620 e. The predicted octanol–water partition coefficient (Wildman–Crippen LogP) is 11.7. The molecule has 0 amide bonds. The van der Waals surface area contributed by atoms with Gasteiger partial charge in [0.05, 0.1) is 22.3 Å². The van der Waals surface area contributed by atoms with Crippen molar-refractivity contribution in [2.75, 3.05) is 0 Å². The van der Waals surface area contributed by atoms with Gasteiger partial charge in [-0.2, -0.15) is 0 Å². The maximum absolute atomic E-state index is 14.1. The number of rotatable bonds is 12. The fraction of sp³-hybridized carbons (Fsp3) is 0.0189. The second-order valence-electron chi connectivity index (χ2n) is 13.8. The van der Waals surface area contributed by atoms with Crippen molar-refractivity contribution < 1.29 is 38.1 Å². The average Bonchev–Trinajstić information content (AvgIpc) is 3.32. The number of hydrogen-bond acceptors (Lipinski definition) is 8. The van der Waals surface area contributed by atoms with Crippen LogP contribution in [-0.2, 0) is 18.9 Å². The summed E-state index contributed by atoms with van der Waals surface area (Å²) >= 11 is 0. The smallest absolute Gasteiger partial charge is 0.348 e. The highest BCUT2D eigenvalue weighted by Crippen LogP contribution is 2.30. The van der Waals surface area contributed by atoms with Gasteiger partial charge >= 0.3 is 30.0 Å². The summed E-state index contributed by atoms with van der Waals surface area (Å²) in [6, 6.07) is 63.6. The molecule has 61 heavy (non-hydrogen) atoms. The molecule has 8 aromatic rings. The van der Waals surface area contributed by atoms with Gasteiger partial charge in [0.15, 0.2) is 0 Å². The number of carbonyl (C=O) groups is 4. The number of esters is 4. The molecule has 0 atom stereocenters. The van der Waals surface area contributed by atoms with Crippen molar-refractivity contribution >= 4 is 23.9 Å². The van der Waals surface area contributed by atoms with Gasteiger partial charge in [0.25, 0.3) is 0 Å². The highest BCUT2D eigenvalue weighted by molar-refractivity contribution is 5.95. The van der Waals surface area contributed by atoms with Gasteiger partial charge in [-0.25, -0.2) is 19.2 Å². The van der Waals surface area contributed by atoms with Crippen molar-refractivity contribution in [3.05, 3.63) is 241 Å². The zero-order valence-electron chi connectivity index (χ0n) is 32.6. The van der Waals surface area contributed by atoms with Crippen LogP contribution < -0.4 is 0 Å². The summed E-state index contributed by atoms with van der Waals surface area (Å²) in [7, 11) is 0. The zero-order valence-corrected chi connectivity index (χ0v) is 32.6. The van der Waals surface area contributed by atoms with E-state index in [0.29, 0.717) is 0 Å². The average molecular weight is 801 g/mol. The highest BCUT2D eigenvalue weighted by atomic mass is 17.0. The van der Waals surface area contributed by atoms with E-state index in [2.05, 4.69) is 0 Å². The summed E-state index contributed by atoms with van der Waals surface area (Å²) in [4.78, 5) is 56.3. The van der Waals surface area contributed by atoms with Crippen LogP contribution in [0.5, 0.6) is 0 Å². The van der Waals surface area contributed by atoms with E-state index in [1.807, 2.05) is 121 Å². The Morgan fingerprint density at radius 3 is 0.574 bits per heavy atom. The Bertz CT molecular complexity index is 2360. The van der Waals surface area contributed by atoms with Gasteiger partial charge in [-0.1, -0.05) is 170 Å². The number of benzene rings is 8. The van der Waals surface area contributed by atoms with E-state index in [1.54, 1.807) is 48.5 Å². The molecule has 0 radical (unpaired) electrons. The predicted molar refractivity (Wildman–Crippen MR) is 232 cm³/mol. The monoisotopic (exact) mass is 800 g/mol. The second kappa shape index (κ2) is 18.1. The Labute approximate surface area is 352 Å². The van der Waals surface area contributed by atoms with E-state index in [1.165, 1.54) is 48.5 Å². The maximum Gasteiger partial charge on any atom is 0.620 e. The first-order chi connectivity index (χ1) is 29.8. The van der Waals surface area contributed by atoms with Gasteiger partial charge in [-0.05, 0) is 93.0 Å². The molecule has 0 spiro atoms. The summed E-state index contributed by atoms with van der Waals surface area (Å²) < 4.78 is 23.0. The molecule has 0 bridgehead atoms. The van der Waals surface area contributed by atoms with Crippen LogP contribution in [0.1, 0.15) is 41.4 Å². The molecule has 0 aliphatic carbocycles. The Morgan fingerprint density at radius 2 is 0.393 bits per heavy atom. The van der Waals surface area contributed by atoms with Crippen LogP contribution in [0.3, 0.4) is 0 Å². The summed E-state index contributed by atoms with van der Waals surface area (Å²) in [5.74, 6) is -4.48. The summed E-state index contributed by atoms with van der Waals surface area (Å²) in [6.45, 7) is 0. The molecule has 8 aromatic carbocycles. The molecule has 8 nitrogen and oxygen atoms in total. The van der Waals surface area contributed by atoms with Crippen molar-refractivity contribution in [3.8, 4) is 44.5 Å². The third-order valence-electron chi connectivity index (χ3n) is 9.78.